The van der Waals surface area contributed by atoms with Crippen molar-refractivity contribution in [2.75, 3.05) is 5.32 Å². The number of fused-ring (bicyclic) bond motifs is 2. The molecule has 0 radical (unpaired) electrons. The van der Waals surface area contributed by atoms with E-state index in [2.05, 4.69) is 25.6 Å². The molecule has 5 rings (SSSR count). The number of halogens is 2. The molecule has 1 aliphatic rings. The zero-order valence-corrected chi connectivity index (χ0v) is 14.9. The Kier molecular flexibility index (Phi) is 3.65. The number of carbonyl (C=O) groups excluding carboxylic acids is 1. The van der Waals surface area contributed by atoms with E-state index < -0.39 is 12.1 Å². The van der Waals surface area contributed by atoms with Crippen LogP contribution in [0.5, 0.6) is 0 Å². The Balaban J connectivity index is 1.58. The number of amides is 1. The van der Waals surface area contributed by atoms with E-state index >= 15 is 0 Å². The van der Waals surface area contributed by atoms with Gasteiger partial charge >= 0.3 is 0 Å². The Bertz CT molecular complexity index is 1230. The molecule has 0 bridgehead atoms. The number of aromatic nitrogens is 5. The number of aromatic amines is 1. The third-order valence-corrected chi connectivity index (χ3v) is 5.03. The maximum Gasteiger partial charge on any atom is 0.231 e. The van der Waals surface area contributed by atoms with Gasteiger partial charge in [-0.2, -0.15) is 10.2 Å². The van der Waals surface area contributed by atoms with Gasteiger partial charge in [0.1, 0.15) is 12.0 Å². The predicted octanol–water partition coefficient (Wildman–Crippen LogP) is 3.27. The minimum atomic E-state index is -1.07. The summed E-state index contributed by atoms with van der Waals surface area (Å²) in [5.41, 5.74) is 2.90. The third-order valence-electron chi connectivity index (χ3n) is 5.03. The van der Waals surface area contributed by atoms with Crippen LogP contribution in [0.4, 0.5) is 14.6 Å². The molecule has 2 atom stereocenters. The second kappa shape index (κ2) is 6.08. The Morgan fingerprint density at radius 3 is 3.00 bits per heavy atom. The molecule has 4 aromatic rings. The van der Waals surface area contributed by atoms with Crippen LogP contribution >= 0.6 is 0 Å². The van der Waals surface area contributed by atoms with Gasteiger partial charge in [-0.25, -0.2) is 18.3 Å². The van der Waals surface area contributed by atoms with Crippen molar-refractivity contribution >= 4 is 28.3 Å². The summed E-state index contributed by atoms with van der Waals surface area (Å²) in [5.74, 6) is -0.992. The molecule has 0 spiro atoms. The van der Waals surface area contributed by atoms with E-state index in [0.29, 0.717) is 40.2 Å². The molecule has 3 heterocycles. The van der Waals surface area contributed by atoms with E-state index in [9.17, 15) is 13.6 Å². The number of carbonyl (C=O) groups is 1. The van der Waals surface area contributed by atoms with Crippen LogP contribution < -0.4 is 5.32 Å². The topological polar surface area (TPSA) is 88.0 Å². The van der Waals surface area contributed by atoms with E-state index in [1.165, 1.54) is 10.6 Å². The molecule has 1 fully saturated rings. The van der Waals surface area contributed by atoms with Gasteiger partial charge in [0, 0.05) is 10.9 Å². The number of rotatable bonds is 4. The highest BCUT2D eigenvalue weighted by atomic mass is 19.1. The molecule has 1 saturated carbocycles. The van der Waals surface area contributed by atoms with Crippen LogP contribution in [0.2, 0.25) is 0 Å². The largest absolute Gasteiger partial charge is 0.309 e. The van der Waals surface area contributed by atoms with Crippen molar-refractivity contribution in [3.8, 4) is 11.3 Å². The first kappa shape index (κ1) is 16.8. The fourth-order valence-corrected chi connectivity index (χ4v) is 3.47. The van der Waals surface area contributed by atoms with Crippen molar-refractivity contribution in [1.82, 2.24) is 24.8 Å². The molecule has 9 heteroatoms. The maximum absolute atomic E-state index is 14.5. The standard InChI is InChI=1S/C19H16F2N6O/c1-2-9-13(21)6-15-11(7-22-25-15)18(9)14-3-4-17-23-16(8-27(17)26-14)24-19(28)10-5-12(10)20/h3-4,6-8,10,12H,2,5H2,1H3,(H,22,25)(H,24,28). The number of anilines is 1. The maximum atomic E-state index is 14.5. The zero-order valence-electron chi connectivity index (χ0n) is 14.9. The summed E-state index contributed by atoms with van der Waals surface area (Å²) < 4.78 is 29.1. The van der Waals surface area contributed by atoms with Gasteiger partial charge in [-0.3, -0.25) is 9.89 Å². The Morgan fingerprint density at radius 1 is 1.43 bits per heavy atom. The van der Waals surface area contributed by atoms with Gasteiger partial charge in [0.15, 0.2) is 11.5 Å². The number of imidazole rings is 1. The van der Waals surface area contributed by atoms with Crippen molar-refractivity contribution in [1.29, 1.82) is 0 Å². The summed E-state index contributed by atoms with van der Waals surface area (Å²) in [5, 5.41) is 14.7. The Labute approximate surface area is 157 Å². The first-order chi connectivity index (χ1) is 13.5. The molecule has 3 aromatic heterocycles. The first-order valence-corrected chi connectivity index (χ1v) is 9.01. The molecule has 0 aliphatic heterocycles. The first-order valence-electron chi connectivity index (χ1n) is 9.01. The minimum Gasteiger partial charge on any atom is -0.309 e. The SMILES string of the molecule is CCc1c(F)cc2[nH]ncc2c1-c1ccc2nc(NC(=O)C3CC3F)cn2n1. The Hall–Kier alpha value is -3.36. The van der Waals surface area contributed by atoms with Gasteiger partial charge in [-0.1, -0.05) is 6.92 Å². The fraction of sp³-hybridized carbons (Fsp3) is 0.263. The van der Waals surface area contributed by atoms with Crippen LogP contribution in [0.25, 0.3) is 27.8 Å². The smallest absolute Gasteiger partial charge is 0.231 e. The van der Waals surface area contributed by atoms with E-state index in [0.717, 1.165) is 5.39 Å². The lowest BCUT2D eigenvalue weighted by Crippen LogP contribution is -2.15. The summed E-state index contributed by atoms with van der Waals surface area (Å²) in [6.07, 6.45) is 2.89. The van der Waals surface area contributed by atoms with E-state index in [-0.39, 0.29) is 18.1 Å². The minimum absolute atomic E-state index is 0.252. The van der Waals surface area contributed by atoms with E-state index in [4.69, 9.17) is 0 Å². The zero-order chi connectivity index (χ0) is 19.4. The molecular formula is C19H16F2N6O. The van der Waals surface area contributed by atoms with Crippen LogP contribution in [-0.2, 0) is 11.2 Å². The van der Waals surface area contributed by atoms with E-state index in [1.54, 1.807) is 24.5 Å². The van der Waals surface area contributed by atoms with Crippen molar-refractivity contribution in [3.05, 3.63) is 42.0 Å². The Morgan fingerprint density at radius 2 is 2.25 bits per heavy atom. The van der Waals surface area contributed by atoms with Crippen molar-refractivity contribution in [2.45, 2.75) is 25.9 Å². The van der Waals surface area contributed by atoms with Gasteiger partial charge in [0.05, 0.1) is 29.5 Å². The number of nitrogens with one attached hydrogen (secondary N) is 2. The number of alkyl halides is 1. The van der Waals surface area contributed by atoms with Crippen LogP contribution in [0, 0.1) is 11.7 Å². The van der Waals surface area contributed by atoms with Crippen LogP contribution in [-0.4, -0.2) is 36.9 Å². The molecule has 1 aliphatic carbocycles. The highest BCUT2D eigenvalue weighted by molar-refractivity contribution is 5.96. The molecule has 0 saturated heterocycles. The molecule has 2 N–H and O–H groups in total. The van der Waals surface area contributed by atoms with Crippen LogP contribution in [0.1, 0.15) is 18.9 Å². The van der Waals surface area contributed by atoms with Crippen molar-refractivity contribution in [2.24, 2.45) is 5.92 Å². The molecular weight excluding hydrogens is 366 g/mol. The number of H-pyrrole nitrogens is 1. The average molecular weight is 382 g/mol. The van der Waals surface area contributed by atoms with Gasteiger partial charge < -0.3 is 5.32 Å². The van der Waals surface area contributed by atoms with E-state index in [1.807, 2.05) is 6.92 Å². The summed E-state index contributed by atoms with van der Waals surface area (Å²) in [6, 6.07) is 4.93. The lowest BCUT2D eigenvalue weighted by Gasteiger charge is -2.10. The summed E-state index contributed by atoms with van der Waals surface area (Å²) in [4.78, 5) is 16.2. The lowest BCUT2D eigenvalue weighted by atomic mass is 9.97. The van der Waals surface area contributed by atoms with Gasteiger partial charge in [-0.15, -0.1) is 0 Å². The monoisotopic (exact) mass is 382 g/mol. The molecule has 28 heavy (non-hydrogen) atoms. The van der Waals surface area contributed by atoms with Gasteiger partial charge in [-0.05, 0) is 36.6 Å². The predicted molar refractivity (Wildman–Crippen MR) is 99.0 cm³/mol. The number of hydrogen-bond donors (Lipinski definition) is 2. The molecule has 2 unspecified atom stereocenters. The number of hydrogen-bond acceptors (Lipinski definition) is 4. The molecule has 7 nitrogen and oxygen atoms in total. The third kappa shape index (κ3) is 2.62. The second-order valence-electron chi connectivity index (χ2n) is 6.89. The molecule has 142 valence electrons. The lowest BCUT2D eigenvalue weighted by molar-refractivity contribution is -0.117. The number of nitrogens with zero attached hydrogens (tertiary/aromatic N) is 4. The van der Waals surface area contributed by atoms with Gasteiger partial charge in [0.2, 0.25) is 5.91 Å². The second-order valence-corrected chi connectivity index (χ2v) is 6.89. The quantitative estimate of drug-likeness (QED) is 0.567. The summed E-state index contributed by atoms with van der Waals surface area (Å²) in [7, 11) is 0. The molecule has 1 amide bonds. The fourth-order valence-electron chi connectivity index (χ4n) is 3.47. The normalized spacial score (nSPS) is 18.7. The molecule has 1 aromatic carbocycles. The van der Waals surface area contributed by atoms with Crippen LogP contribution in [0.15, 0.2) is 30.6 Å². The highest BCUT2D eigenvalue weighted by Gasteiger charge is 2.43. The number of benzene rings is 1. The summed E-state index contributed by atoms with van der Waals surface area (Å²) >= 11 is 0. The highest BCUT2D eigenvalue weighted by Crippen LogP contribution is 2.35. The summed E-state index contributed by atoms with van der Waals surface area (Å²) in [6.45, 7) is 1.88. The average Bonchev–Trinajstić information content (AvgIpc) is 3.05. The van der Waals surface area contributed by atoms with Crippen LogP contribution in [0.3, 0.4) is 0 Å². The van der Waals surface area contributed by atoms with Gasteiger partial charge in [0.25, 0.3) is 0 Å². The van der Waals surface area contributed by atoms with Crippen molar-refractivity contribution in [3.63, 3.8) is 0 Å². The van der Waals surface area contributed by atoms with Crippen molar-refractivity contribution < 1.29 is 13.6 Å².